The number of aromatic amines is 1. The molecule has 18 heavy (non-hydrogen) atoms. The van der Waals surface area contributed by atoms with Crippen molar-refractivity contribution in [3.8, 4) is 0 Å². The Morgan fingerprint density at radius 1 is 1.39 bits per heavy atom. The summed E-state index contributed by atoms with van der Waals surface area (Å²) in [5, 5.41) is 0.123. The third-order valence-electron chi connectivity index (χ3n) is 3.31. The van der Waals surface area contributed by atoms with Gasteiger partial charge < -0.3 is 14.3 Å². The number of fused-ring (bicyclic) bond motifs is 1. The zero-order valence-electron chi connectivity index (χ0n) is 9.58. The number of ether oxygens (including phenoxy) is 1. The summed E-state index contributed by atoms with van der Waals surface area (Å²) in [6.07, 6.45) is 1.83. The Labute approximate surface area is 114 Å². The van der Waals surface area contributed by atoms with Gasteiger partial charge in [-0.1, -0.05) is 11.6 Å². The maximum Gasteiger partial charge on any atom is 0.178 e. The zero-order valence-corrected chi connectivity index (χ0v) is 11.2. The van der Waals surface area contributed by atoms with Crippen LogP contribution in [0.3, 0.4) is 0 Å². The summed E-state index contributed by atoms with van der Waals surface area (Å²) < 4.78 is 21.4. The van der Waals surface area contributed by atoms with Crippen LogP contribution in [0.25, 0.3) is 11.0 Å². The minimum Gasteiger partial charge on any atom is -0.381 e. The van der Waals surface area contributed by atoms with E-state index in [1.807, 2.05) is 4.57 Å². The molecule has 6 heteroatoms. The minimum atomic E-state index is -0.431. The van der Waals surface area contributed by atoms with E-state index in [0.29, 0.717) is 16.3 Å². The van der Waals surface area contributed by atoms with E-state index in [1.165, 1.54) is 6.07 Å². The van der Waals surface area contributed by atoms with E-state index >= 15 is 0 Å². The van der Waals surface area contributed by atoms with E-state index in [4.69, 9.17) is 28.6 Å². The molecule has 0 aliphatic carbocycles. The molecule has 1 fully saturated rings. The maximum absolute atomic E-state index is 13.4. The minimum absolute atomic E-state index is 0.123. The molecule has 96 valence electrons. The van der Waals surface area contributed by atoms with Crippen LogP contribution in [0.1, 0.15) is 18.9 Å². The zero-order chi connectivity index (χ0) is 12.7. The summed E-state index contributed by atoms with van der Waals surface area (Å²) in [7, 11) is 0. The van der Waals surface area contributed by atoms with Gasteiger partial charge in [0.15, 0.2) is 4.77 Å². The van der Waals surface area contributed by atoms with Crippen LogP contribution in [-0.2, 0) is 4.74 Å². The summed E-state index contributed by atoms with van der Waals surface area (Å²) in [5.41, 5.74) is 1.55. The van der Waals surface area contributed by atoms with Gasteiger partial charge in [-0.05, 0) is 31.1 Å². The quantitative estimate of drug-likeness (QED) is 0.807. The van der Waals surface area contributed by atoms with Crippen LogP contribution in [0, 0.1) is 10.6 Å². The molecule has 3 nitrogen and oxygen atoms in total. The molecule has 0 radical (unpaired) electrons. The van der Waals surface area contributed by atoms with Crippen LogP contribution < -0.4 is 0 Å². The summed E-state index contributed by atoms with van der Waals surface area (Å²) in [6.45, 7) is 1.46. The molecule has 0 atom stereocenters. The van der Waals surface area contributed by atoms with Gasteiger partial charge in [0.1, 0.15) is 5.82 Å². The normalized spacial score (nSPS) is 17.4. The summed E-state index contributed by atoms with van der Waals surface area (Å²) in [4.78, 5) is 3.03. The number of H-pyrrole nitrogens is 1. The van der Waals surface area contributed by atoms with Crippen molar-refractivity contribution in [3.63, 3.8) is 0 Å². The number of nitrogens with one attached hydrogen (secondary N) is 1. The predicted molar refractivity (Wildman–Crippen MR) is 71.2 cm³/mol. The Morgan fingerprint density at radius 2 is 2.11 bits per heavy atom. The van der Waals surface area contributed by atoms with Crippen molar-refractivity contribution in [2.24, 2.45) is 0 Å². The highest BCUT2D eigenvalue weighted by Gasteiger charge is 2.19. The van der Waals surface area contributed by atoms with Crippen molar-refractivity contribution < 1.29 is 9.13 Å². The third-order valence-corrected chi connectivity index (χ3v) is 3.90. The number of halogens is 2. The molecule has 1 saturated heterocycles. The first kappa shape index (κ1) is 12.1. The Morgan fingerprint density at radius 3 is 2.83 bits per heavy atom. The molecule has 1 aliphatic heterocycles. The standard InChI is InChI=1S/C12H12ClFN2OS/c13-8-5-11-10(6-9(8)14)15-12(18)16(11)7-1-3-17-4-2-7/h5-7H,1-4H2,(H,15,18). The monoisotopic (exact) mass is 286 g/mol. The lowest BCUT2D eigenvalue weighted by atomic mass is 10.1. The average molecular weight is 287 g/mol. The van der Waals surface area contributed by atoms with Gasteiger partial charge in [0.25, 0.3) is 0 Å². The van der Waals surface area contributed by atoms with E-state index < -0.39 is 5.82 Å². The van der Waals surface area contributed by atoms with Crippen molar-refractivity contribution in [3.05, 3.63) is 27.7 Å². The van der Waals surface area contributed by atoms with Gasteiger partial charge in [0.2, 0.25) is 0 Å². The molecule has 2 heterocycles. The largest absolute Gasteiger partial charge is 0.381 e. The van der Waals surface area contributed by atoms with Gasteiger partial charge in [0.05, 0.1) is 16.1 Å². The average Bonchev–Trinajstić information content (AvgIpc) is 2.66. The van der Waals surface area contributed by atoms with Crippen molar-refractivity contribution in [2.45, 2.75) is 18.9 Å². The van der Waals surface area contributed by atoms with Crippen LogP contribution >= 0.6 is 23.8 Å². The highest BCUT2D eigenvalue weighted by molar-refractivity contribution is 7.71. The predicted octanol–water partition coefficient (Wildman–Crippen LogP) is 3.84. The van der Waals surface area contributed by atoms with Gasteiger partial charge in [0, 0.05) is 25.3 Å². The molecule has 2 aromatic rings. The maximum atomic E-state index is 13.4. The number of nitrogens with zero attached hydrogens (tertiary/aromatic N) is 1. The molecular formula is C12H12ClFN2OS. The first-order valence-corrected chi connectivity index (χ1v) is 6.62. The second kappa shape index (κ2) is 4.64. The van der Waals surface area contributed by atoms with Crippen LogP contribution in [0.4, 0.5) is 4.39 Å². The summed E-state index contributed by atoms with van der Waals surface area (Å²) in [5.74, 6) is -0.431. The fourth-order valence-electron chi connectivity index (χ4n) is 2.43. The second-order valence-corrected chi connectivity index (χ2v) is 5.22. The van der Waals surface area contributed by atoms with E-state index in [-0.39, 0.29) is 5.02 Å². The SMILES string of the molecule is Fc1cc2[nH]c(=S)n(C3CCOCC3)c2cc1Cl. The number of imidazole rings is 1. The van der Waals surface area contributed by atoms with Crippen molar-refractivity contribution in [1.82, 2.24) is 9.55 Å². The number of hydrogen-bond acceptors (Lipinski definition) is 2. The Bertz CT molecular complexity index is 645. The number of hydrogen-bond donors (Lipinski definition) is 1. The number of aromatic nitrogens is 2. The molecule has 1 aromatic heterocycles. The van der Waals surface area contributed by atoms with Crippen molar-refractivity contribution >= 4 is 34.9 Å². The molecule has 0 saturated carbocycles. The number of benzene rings is 1. The van der Waals surface area contributed by atoms with E-state index in [2.05, 4.69) is 4.98 Å². The third kappa shape index (κ3) is 1.96. The molecule has 1 aliphatic rings. The molecule has 1 N–H and O–H groups in total. The fourth-order valence-corrected chi connectivity index (χ4v) is 2.94. The van der Waals surface area contributed by atoms with E-state index in [9.17, 15) is 4.39 Å². The molecule has 3 rings (SSSR count). The van der Waals surface area contributed by atoms with Crippen LogP contribution in [0.2, 0.25) is 5.02 Å². The fraction of sp³-hybridized carbons (Fsp3) is 0.417. The Kier molecular flexibility index (Phi) is 3.13. The van der Waals surface area contributed by atoms with Crippen molar-refractivity contribution in [1.29, 1.82) is 0 Å². The van der Waals surface area contributed by atoms with Gasteiger partial charge in [-0.15, -0.1) is 0 Å². The van der Waals surface area contributed by atoms with Crippen LogP contribution in [0.15, 0.2) is 12.1 Å². The van der Waals surface area contributed by atoms with E-state index in [0.717, 1.165) is 31.6 Å². The Hall–Kier alpha value is -0.910. The summed E-state index contributed by atoms with van der Waals surface area (Å²) >= 11 is 11.2. The summed E-state index contributed by atoms with van der Waals surface area (Å²) in [6, 6.07) is 3.32. The lowest BCUT2D eigenvalue weighted by Crippen LogP contribution is -2.19. The highest BCUT2D eigenvalue weighted by Crippen LogP contribution is 2.29. The van der Waals surface area contributed by atoms with Gasteiger partial charge in [-0.25, -0.2) is 4.39 Å². The molecule has 1 aromatic carbocycles. The first-order valence-electron chi connectivity index (χ1n) is 5.84. The molecule has 0 amide bonds. The van der Waals surface area contributed by atoms with Gasteiger partial charge >= 0.3 is 0 Å². The Balaban J connectivity index is 2.18. The molecule has 0 unspecified atom stereocenters. The smallest absolute Gasteiger partial charge is 0.178 e. The second-order valence-electron chi connectivity index (χ2n) is 4.43. The van der Waals surface area contributed by atoms with Crippen LogP contribution in [0.5, 0.6) is 0 Å². The topological polar surface area (TPSA) is 29.9 Å². The van der Waals surface area contributed by atoms with Crippen LogP contribution in [-0.4, -0.2) is 22.8 Å². The molecule has 0 bridgehead atoms. The highest BCUT2D eigenvalue weighted by atomic mass is 35.5. The van der Waals surface area contributed by atoms with Gasteiger partial charge in [-0.3, -0.25) is 0 Å². The lowest BCUT2D eigenvalue weighted by Gasteiger charge is -2.24. The van der Waals surface area contributed by atoms with Gasteiger partial charge in [-0.2, -0.15) is 0 Å². The molecule has 0 spiro atoms. The molecular weight excluding hydrogens is 275 g/mol. The van der Waals surface area contributed by atoms with E-state index in [1.54, 1.807) is 6.07 Å². The van der Waals surface area contributed by atoms with Crippen molar-refractivity contribution in [2.75, 3.05) is 13.2 Å². The number of rotatable bonds is 1. The first-order chi connectivity index (χ1) is 8.66. The lowest BCUT2D eigenvalue weighted by molar-refractivity contribution is 0.0702.